The monoisotopic (exact) mass is 636 g/mol. The highest BCUT2D eigenvalue weighted by molar-refractivity contribution is 6.26. The zero-order valence-electron chi connectivity index (χ0n) is 27.4. The van der Waals surface area contributed by atoms with Crippen molar-refractivity contribution in [3.63, 3.8) is 0 Å². The van der Waals surface area contributed by atoms with Gasteiger partial charge in [0, 0.05) is 32.8 Å². The number of nitrogens with zero attached hydrogens (tertiary/aromatic N) is 2. The van der Waals surface area contributed by atoms with Crippen molar-refractivity contribution in [2.75, 3.05) is 0 Å². The van der Waals surface area contributed by atoms with Crippen LogP contribution in [0, 0.1) is 0 Å². The van der Waals surface area contributed by atoms with Gasteiger partial charge in [-0.2, -0.15) is 0 Å². The lowest BCUT2D eigenvalue weighted by Gasteiger charge is -2.14. The molecule has 0 N–H and O–H groups in total. The van der Waals surface area contributed by atoms with Crippen LogP contribution in [0.15, 0.2) is 194 Å². The molecular weight excluding hydrogens is 605 g/mol. The number of para-hydroxylation sites is 3. The van der Waals surface area contributed by atoms with Crippen LogP contribution in [0.5, 0.6) is 0 Å². The molecule has 0 aliphatic carbocycles. The summed E-state index contributed by atoms with van der Waals surface area (Å²) in [7, 11) is 0. The van der Waals surface area contributed by atoms with E-state index in [-0.39, 0.29) is 0 Å². The van der Waals surface area contributed by atoms with E-state index in [1.54, 1.807) is 0 Å². The zero-order valence-corrected chi connectivity index (χ0v) is 27.4. The maximum absolute atomic E-state index is 2.47. The van der Waals surface area contributed by atoms with Crippen molar-refractivity contribution < 1.29 is 0 Å². The van der Waals surface area contributed by atoms with Crippen LogP contribution in [0.1, 0.15) is 0 Å². The predicted molar refractivity (Wildman–Crippen MR) is 211 cm³/mol. The molecule has 0 radical (unpaired) electrons. The topological polar surface area (TPSA) is 9.86 Å². The normalized spacial score (nSPS) is 11.6. The standard InChI is InChI=1S/C48H32N2/c1-3-14-33(15-4-1)36-18-13-19-37(32-36)34-26-28-38(29-27-34)49-44-24-11-8-21-40(44)41-30-31-46-47(48(41)49)42-22-9-12-25-45(42)50(46)43-23-10-7-20-39(43)35-16-5-2-6-17-35/h1-32H. The summed E-state index contributed by atoms with van der Waals surface area (Å²) in [5.74, 6) is 0. The summed E-state index contributed by atoms with van der Waals surface area (Å²) in [5, 5.41) is 5.02. The lowest BCUT2D eigenvalue weighted by molar-refractivity contribution is 1.17. The summed E-state index contributed by atoms with van der Waals surface area (Å²) >= 11 is 0. The molecule has 2 nitrogen and oxygen atoms in total. The molecular formula is C48H32N2. The smallest absolute Gasteiger partial charge is 0.0641 e. The number of hydrogen-bond donors (Lipinski definition) is 0. The molecule has 0 aliphatic rings. The zero-order chi connectivity index (χ0) is 33.0. The van der Waals surface area contributed by atoms with Crippen molar-refractivity contribution in [2.24, 2.45) is 0 Å². The van der Waals surface area contributed by atoms with E-state index in [1.807, 2.05) is 0 Å². The molecule has 10 rings (SSSR count). The minimum Gasteiger partial charge on any atom is -0.309 e. The Morgan fingerprint density at radius 2 is 0.860 bits per heavy atom. The Labute approximate surface area is 290 Å². The third-order valence-electron chi connectivity index (χ3n) is 10.1. The molecule has 0 bridgehead atoms. The molecule has 2 heterocycles. The lowest BCUT2D eigenvalue weighted by Crippen LogP contribution is -1.97. The maximum atomic E-state index is 2.47. The van der Waals surface area contributed by atoms with Gasteiger partial charge in [0.1, 0.15) is 0 Å². The van der Waals surface area contributed by atoms with Gasteiger partial charge in [-0.05, 0) is 70.3 Å². The van der Waals surface area contributed by atoms with Crippen LogP contribution in [0.3, 0.4) is 0 Å². The van der Waals surface area contributed by atoms with Crippen molar-refractivity contribution in [1.29, 1.82) is 0 Å². The SMILES string of the molecule is c1ccc(-c2cccc(-c3ccc(-n4c5ccccc5c5ccc6c(c7ccccc7n6-c6ccccc6-c6ccccc6)c54)cc3)c2)cc1. The minimum absolute atomic E-state index is 1.15. The number of fused-ring (bicyclic) bond motifs is 7. The molecule has 0 fully saturated rings. The molecule has 0 saturated heterocycles. The van der Waals surface area contributed by atoms with E-state index in [4.69, 9.17) is 0 Å². The molecule has 2 heteroatoms. The Morgan fingerprint density at radius 1 is 0.300 bits per heavy atom. The van der Waals surface area contributed by atoms with E-state index < -0.39 is 0 Å². The number of benzene rings is 8. The van der Waals surface area contributed by atoms with E-state index in [0.29, 0.717) is 0 Å². The highest BCUT2D eigenvalue weighted by Crippen LogP contribution is 2.43. The molecule has 2 aromatic heterocycles. The first-order valence-electron chi connectivity index (χ1n) is 17.2. The summed E-state index contributed by atoms with van der Waals surface area (Å²) in [6.45, 7) is 0. The Hall–Kier alpha value is -6.64. The molecule has 10 aromatic rings. The van der Waals surface area contributed by atoms with E-state index in [9.17, 15) is 0 Å². The molecule has 0 unspecified atom stereocenters. The van der Waals surface area contributed by atoms with Gasteiger partial charge < -0.3 is 9.13 Å². The fraction of sp³-hybridized carbons (Fsp3) is 0. The Morgan fingerprint density at radius 3 is 1.60 bits per heavy atom. The van der Waals surface area contributed by atoms with Gasteiger partial charge in [-0.15, -0.1) is 0 Å². The number of hydrogen-bond acceptors (Lipinski definition) is 0. The second kappa shape index (κ2) is 11.5. The first-order valence-corrected chi connectivity index (χ1v) is 17.2. The quantitative estimate of drug-likeness (QED) is 0.178. The Kier molecular flexibility index (Phi) is 6.53. The van der Waals surface area contributed by atoms with Gasteiger partial charge in [0.15, 0.2) is 0 Å². The lowest BCUT2D eigenvalue weighted by atomic mass is 9.99. The van der Waals surface area contributed by atoms with Gasteiger partial charge in [-0.25, -0.2) is 0 Å². The van der Waals surface area contributed by atoms with Crippen molar-refractivity contribution in [1.82, 2.24) is 9.13 Å². The summed E-state index contributed by atoms with van der Waals surface area (Å²) in [6.07, 6.45) is 0. The van der Waals surface area contributed by atoms with E-state index in [0.717, 1.165) is 5.69 Å². The number of rotatable bonds is 5. The van der Waals surface area contributed by atoms with Crippen LogP contribution in [0.2, 0.25) is 0 Å². The summed E-state index contributed by atoms with van der Waals surface area (Å²) < 4.78 is 4.92. The summed E-state index contributed by atoms with van der Waals surface area (Å²) in [5.41, 5.74) is 14.4. The maximum Gasteiger partial charge on any atom is 0.0641 e. The van der Waals surface area contributed by atoms with Crippen molar-refractivity contribution >= 4 is 43.6 Å². The first kappa shape index (κ1) is 28.4. The van der Waals surface area contributed by atoms with Crippen LogP contribution in [0.4, 0.5) is 0 Å². The van der Waals surface area contributed by atoms with E-state index in [1.165, 1.54) is 82.7 Å². The molecule has 0 amide bonds. The van der Waals surface area contributed by atoms with Gasteiger partial charge in [0.2, 0.25) is 0 Å². The largest absolute Gasteiger partial charge is 0.309 e. The predicted octanol–water partition coefficient (Wildman–Crippen LogP) is 12.9. The van der Waals surface area contributed by atoms with Gasteiger partial charge in [0.05, 0.1) is 27.8 Å². The van der Waals surface area contributed by atoms with Crippen molar-refractivity contribution in [3.05, 3.63) is 194 Å². The molecule has 50 heavy (non-hydrogen) atoms. The van der Waals surface area contributed by atoms with E-state index >= 15 is 0 Å². The number of aromatic nitrogens is 2. The molecule has 234 valence electrons. The molecule has 0 atom stereocenters. The van der Waals surface area contributed by atoms with Crippen LogP contribution in [-0.4, -0.2) is 9.13 Å². The summed E-state index contributed by atoms with van der Waals surface area (Å²) in [4.78, 5) is 0. The highest BCUT2D eigenvalue weighted by atomic mass is 15.0. The van der Waals surface area contributed by atoms with Crippen LogP contribution in [-0.2, 0) is 0 Å². The van der Waals surface area contributed by atoms with E-state index in [2.05, 4.69) is 203 Å². The van der Waals surface area contributed by atoms with Crippen LogP contribution >= 0.6 is 0 Å². The molecule has 0 aliphatic heterocycles. The van der Waals surface area contributed by atoms with Crippen molar-refractivity contribution in [3.8, 4) is 44.8 Å². The fourth-order valence-corrected chi connectivity index (χ4v) is 7.88. The minimum atomic E-state index is 1.15. The van der Waals surface area contributed by atoms with Crippen molar-refractivity contribution in [2.45, 2.75) is 0 Å². The average molecular weight is 637 g/mol. The molecule has 0 saturated carbocycles. The van der Waals surface area contributed by atoms with Gasteiger partial charge in [0.25, 0.3) is 0 Å². The molecule has 0 spiro atoms. The average Bonchev–Trinajstić information content (AvgIpc) is 3.72. The first-order chi connectivity index (χ1) is 24.8. The fourth-order valence-electron chi connectivity index (χ4n) is 7.88. The second-order valence-electron chi connectivity index (χ2n) is 12.9. The molecule has 8 aromatic carbocycles. The summed E-state index contributed by atoms with van der Waals surface area (Å²) in [6, 6.07) is 70.3. The van der Waals surface area contributed by atoms with Gasteiger partial charge in [-0.3, -0.25) is 0 Å². The Balaban J connectivity index is 1.22. The van der Waals surface area contributed by atoms with Gasteiger partial charge >= 0.3 is 0 Å². The third kappa shape index (κ3) is 4.43. The highest BCUT2D eigenvalue weighted by Gasteiger charge is 2.21. The Bertz CT molecular complexity index is 2840. The van der Waals surface area contributed by atoms with Gasteiger partial charge in [-0.1, -0.05) is 152 Å². The van der Waals surface area contributed by atoms with Crippen LogP contribution in [0.25, 0.3) is 88.4 Å². The third-order valence-corrected chi connectivity index (χ3v) is 10.1. The van der Waals surface area contributed by atoms with Crippen LogP contribution < -0.4 is 0 Å². The second-order valence-corrected chi connectivity index (χ2v) is 12.9.